The standard InChI is InChI=1S/C24H28FN5O6/c1-4-36-20(31)7-13(2)26-9-14-10-29(12-19(14)28-35-3)23-18(25)8-16-21(32)17(24(33)34)11-30(15-5-6-15)22(16)27-23/h7-8,11,14-15,26H,4-6,9-10,12H2,1-3H3,(H,33,34)/b13-7-,28-19?. The van der Waals surface area contributed by atoms with E-state index in [1.807, 2.05) is 0 Å². The first-order valence-electron chi connectivity index (χ1n) is 11.7. The van der Waals surface area contributed by atoms with Crippen molar-refractivity contribution >= 4 is 34.5 Å². The number of aromatic nitrogens is 2. The highest BCUT2D eigenvalue weighted by Gasteiger charge is 2.34. The number of rotatable bonds is 9. The molecule has 1 unspecified atom stereocenters. The minimum absolute atomic E-state index is 0.0207. The molecule has 12 heteroatoms. The van der Waals surface area contributed by atoms with Gasteiger partial charge in [-0.1, -0.05) is 5.16 Å². The zero-order chi connectivity index (χ0) is 26.0. The molecule has 3 heterocycles. The smallest absolute Gasteiger partial charge is 0.341 e. The average Bonchev–Trinajstić information content (AvgIpc) is 3.59. The van der Waals surface area contributed by atoms with E-state index in [4.69, 9.17) is 9.57 Å². The Morgan fingerprint density at radius 1 is 1.39 bits per heavy atom. The fourth-order valence-electron chi connectivity index (χ4n) is 4.26. The molecule has 1 aliphatic carbocycles. The van der Waals surface area contributed by atoms with Crippen LogP contribution in [0.4, 0.5) is 10.2 Å². The fourth-order valence-corrected chi connectivity index (χ4v) is 4.26. The number of ether oxygens (including phenoxy) is 1. The van der Waals surface area contributed by atoms with Gasteiger partial charge in [-0.15, -0.1) is 0 Å². The van der Waals surface area contributed by atoms with E-state index in [1.165, 1.54) is 19.4 Å². The van der Waals surface area contributed by atoms with Gasteiger partial charge in [0, 0.05) is 43.0 Å². The molecule has 11 nitrogen and oxygen atoms in total. The van der Waals surface area contributed by atoms with Gasteiger partial charge >= 0.3 is 11.9 Å². The van der Waals surface area contributed by atoms with Crippen LogP contribution in [0, 0.1) is 11.7 Å². The van der Waals surface area contributed by atoms with Crippen LogP contribution in [0.3, 0.4) is 0 Å². The first-order valence-corrected chi connectivity index (χ1v) is 11.7. The molecule has 2 fully saturated rings. The Labute approximate surface area is 206 Å². The van der Waals surface area contributed by atoms with Crippen molar-refractivity contribution in [3.05, 3.63) is 45.6 Å². The first-order chi connectivity index (χ1) is 17.2. The maximum atomic E-state index is 15.3. The second-order valence-corrected chi connectivity index (χ2v) is 8.78. The third-order valence-electron chi connectivity index (χ3n) is 6.13. The predicted molar refractivity (Wildman–Crippen MR) is 130 cm³/mol. The van der Waals surface area contributed by atoms with Crippen molar-refractivity contribution in [1.29, 1.82) is 0 Å². The predicted octanol–water partition coefficient (Wildman–Crippen LogP) is 2.06. The molecule has 1 atom stereocenters. The van der Waals surface area contributed by atoms with Crippen LogP contribution in [-0.4, -0.2) is 65.7 Å². The van der Waals surface area contributed by atoms with Crippen molar-refractivity contribution in [3.63, 3.8) is 0 Å². The summed E-state index contributed by atoms with van der Waals surface area (Å²) in [5.74, 6) is -2.66. The van der Waals surface area contributed by atoms with Crippen molar-refractivity contribution < 1.29 is 28.7 Å². The first kappa shape index (κ1) is 25.1. The molecular weight excluding hydrogens is 473 g/mol. The van der Waals surface area contributed by atoms with Gasteiger partial charge in [0.2, 0.25) is 5.43 Å². The number of carboxylic acids is 1. The van der Waals surface area contributed by atoms with E-state index < -0.39 is 28.7 Å². The molecule has 0 bridgehead atoms. The normalized spacial score (nSPS) is 19.1. The summed E-state index contributed by atoms with van der Waals surface area (Å²) in [5.41, 5.74) is 0.360. The lowest BCUT2D eigenvalue weighted by atomic mass is 10.1. The van der Waals surface area contributed by atoms with Crippen molar-refractivity contribution in [2.24, 2.45) is 11.1 Å². The van der Waals surface area contributed by atoms with E-state index in [0.29, 0.717) is 24.5 Å². The number of carboxylic acid groups (broad SMARTS) is 1. The fraction of sp³-hybridized carbons (Fsp3) is 0.458. The second-order valence-electron chi connectivity index (χ2n) is 8.78. The zero-order valence-electron chi connectivity index (χ0n) is 20.3. The number of nitrogens with one attached hydrogen (secondary N) is 1. The van der Waals surface area contributed by atoms with Crippen LogP contribution in [0.15, 0.2) is 34.0 Å². The number of carbonyl (C=O) groups excluding carboxylic acids is 1. The summed E-state index contributed by atoms with van der Waals surface area (Å²) < 4.78 is 21.8. The number of esters is 1. The number of hydrogen-bond donors (Lipinski definition) is 2. The minimum atomic E-state index is -1.36. The molecule has 1 saturated heterocycles. The number of oxime groups is 1. The maximum Gasteiger partial charge on any atom is 0.341 e. The SMILES string of the molecule is CCOC(=O)/C=C(/C)NCC1CN(c2nc3c(cc2F)c(=O)c(C(=O)O)cn3C2CC2)CC1=NOC. The van der Waals surface area contributed by atoms with Crippen molar-refractivity contribution in [3.8, 4) is 0 Å². The van der Waals surface area contributed by atoms with Gasteiger partial charge in [0.25, 0.3) is 0 Å². The number of nitrogens with zero attached hydrogens (tertiary/aromatic N) is 4. The number of fused-ring (bicyclic) bond motifs is 1. The van der Waals surface area contributed by atoms with Crippen LogP contribution in [0.25, 0.3) is 11.0 Å². The minimum Gasteiger partial charge on any atom is -0.477 e. The van der Waals surface area contributed by atoms with E-state index in [0.717, 1.165) is 18.9 Å². The number of aromatic carboxylic acids is 1. The van der Waals surface area contributed by atoms with Gasteiger partial charge in [-0.25, -0.2) is 19.0 Å². The average molecular weight is 502 g/mol. The van der Waals surface area contributed by atoms with E-state index in [1.54, 1.807) is 23.3 Å². The highest BCUT2D eigenvalue weighted by atomic mass is 19.1. The molecule has 0 amide bonds. The maximum absolute atomic E-state index is 15.3. The number of allylic oxidation sites excluding steroid dienone is 1. The molecule has 1 saturated carbocycles. The van der Waals surface area contributed by atoms with Crippen molar-refractivity contribution in [2.75, 3.05) is 38.3 Å². The molecule has 2 aliphatic rings. The molecule has 36 heavy (non-hydrogen) atoms. The van der Waals surface area contributed by atoms with Gasteiger partial charge in [0.1, 0.15) is 18.3 Å². The van der Waals surface area contributed by atoms with Crippen LogP contribution >= 0.6 is 0 Å². The Hall–Kier alpha value is -3.96. The lowest BCUT2D eigenvalue weighted by molar-refractivity contribution is -0.137. The third kappa shape index (κ3) is 5.16. The molecule has 2 aromatic rings. The van der Waals surface area contributed by atoms with E-state index >= 15 is 4.39 Å². The summed E-state index contributed by atoms with van der Waals surface area (Å²) in [5, 5.41) is 16.6. The van der Waals surface area contributed by atoms with Gasteiger partial charge < -0.3 is 29.5 Å². The number of carbonyl (C=O) groups is 2. The summed E-state index contributed by atoms with van der Waals surface area (Å²) in [6.07, 6.45) is 4.31. The van der Waals surface area contributed by atoms with Gasteiger partial charge in [0.05, 0.1) is 24.2 Å². The number of anilines is 1. The molecular formula is C24H28FN5O6. The Morgan fingerprint density at radius 2 is 2.14 bits per heavy atom. The molecule has 1 aliphatic heterocycles. The lowest BCUT2D eigenvalue weighted by Crippen LogP contribution is -2.28. The van der Waals surface area contributed by atoms with Crippen LogP contribution in [-0.2, 0) is 14.4 Å². The summed E-state index contributed by atoms with van der Waals surface area (Å²) >= 11 is 0. The molecule has 0 aromatic carbocycles. The molecule has 0 spiro atoms. The van der Waals surface area contributed by atoms with Crippen molar-refractivity contribution in [1.82, 2.24) is 14.9 Å². The van der Waals surface area contributed by atoms with Crippen LogP contribution in [0.5, 0.6) is 0 Å². The van der Waals surface area contributed by atoms with Crippen LogP contribution in [0.1, 0.15) is 43.1 Å². The largest absolute Gasteiger partial charge is 0.477 e. The Morgan fingerprint density at radius 3 is 2.78 bits per heavy atom. The molecule has 0 radical (unpaired) electrons. The Bertz CT molecular complexity index is 1320. The molecule has 2 N–H and O–H groups in total. The summed E-state index contributed by atoms with van der Waals surface area (Å²) in [6, 6.07) is 1.09. The second kappa shape index (κ2) is 10.3. The van der Waals surface area contributed by atoms with E-state index in [-0.39, 0.29) is 42.0 Å². The summed E-state index contributed by atoms with van der Waals surface area (Å²) in [7, 11) is 1.43. The number of hydrogen-bond acceptors (Lipinski definition) is 9. The van der Waals surface area contributed by atoms with Crippen LogP contribution < -0.4 is 15.6 Å². The van der Waals surface area contributed by atoms with Crippen molar-refractivity contribution in [2.45, 2.75) is 32.7 Å². The number of pyridine rings is 2. The monoisotopic (exact) mass is 501 g/mol. The quantitative estimate of drug-likeness (QED) is 0.301. The van der Waals surface area contributed by atoms with E-state index in [9.17, 15) is 19.5 Å². The molecule has 4 rings (SSSR count). The van der Waals surface area contributed by atoms with Gasteiger partial charge in [-0.3, -0.25) is 4.79 Å². The lowest BCUT2D eigenvalue weighted by Gasteiger charge is -2.20. The van der Waals surface area contributed by atoms with Crippen LogP contribution in [0.2, 0.25) is 0 Å². The number of halogens is 1. The summed E-state index contributed by atoms with van der Waals surface area (Å²) in [4.78, 5) is 47.1. The highest BCUT2D eigenvalue weighted by Crippen LogP contribution is 2.37. The summed E-state index contributed by atoms with van der Waals surface area (Å²) in [6.45, 7) is 4.76. The zero-order valence-corrected chi connectivity index (χ0v) is 20.3. The Kier molecular flexibility index (Phi) is 7.22. The Balaban J connectivity index is 1.64. The molecule has 192 valence electrons. The van der Waals surface area contributed by atoms with E-state index in [2.05, 4.69) is 15.5 Å². The van der Waals surface area contributed by atoms with Gasteiger partial charge in [-0.05, 0) is 32.8 Å². The van der Waals surface area contributed by atoms with Gasteiger partial charge in [0.15, 0.2) is 11.6 Å². The highest BCUT2D eigenvalue weighted by molar-refractivity contribution is 5.95. The topological polar surface area (TPSA) is 135 Å². The van der Waals surface area contributed by atoms with Gasteiger partial charge in [-0.2, -0.15) is 0 Å². The molecule has 2 aromatic heterocycles. The third-order valence-corrected chi connectivity index (χ3v) is 6.13.